The van der Waals surface area contributed by atoms with Crippen molar-refractivity contribution in [1.82, 2.24) is 9.80 Å². The zero-order valence-corrected chi connectivity index (χ0v) is 16.3. The number of aliphatic carboxylic acids is 1. The smallest absolute Gasteiger partial charge is 0.410 e. The molecule has 1 aromatic carbocycles. The first-order chi connectivity index (χ1) is 12.6. The minimum atomic E-state index is -1.01. The molecule has 7 heteroatoms. The van der Waals surface area contributed by atoms with Crippen molar-refractivity contribution >= 4 is 18.0 Å². The van der Waals surface area contributed by atoms with E-state index in [2.05, 4.69) is 0 Å². The lowest BCUT2D eigenvalue weighted by atomic mass is 10.0. The lowest BCUT2D eigenvalue weighted by molar-refractivity contribution is -0.150. The molecule has 0 spiro atoms. The molecule has 2 rings (SSSR count). The summed E-state index contributed by atoms with van der Waals surface area (Å²) < 4.78 is 5.41. The van der Waals surface area contributed by atoms with Crippen molar-refractivity contribution in [2.75, 3.05) is 13.6 Å². The predicted octanol–water partition coefficient (Wildman–Crippen LogP) is 2.54. The van der Waals surface area contributed by atoms with Crippen molar-refractivity contribution in [1.29, 1.82) is 0 Å². The van der Waals surface area contributed by atoms with Crippen molar-refractivity contribution < 1.29 is 24.2 Å². The van der Waals surface area contributed by atoms with Crippen molar-refractivity contribution in [3.8, 4) is 0 Å². The highest BCUT2D eigenvalue weighted by Gasteiger charge is 2.40. The first-order valence-corrected chi connectivity index (χ1v) is 9.13. The van der Waals surface area contributed by atoms with Gasteiger partial charge in [-0.05, 0) is 39.2 Å². The summed E-state index contributed by atoms with van der Waals surface area (Å²) in [6, 6.07) is 7.67. The van der Waals surface area contributed by atoms with Crippen LogP contribution in [0.25, 0.3) is 0 Å². The number of carbonyl (C=O) groups excluding carboxylic acids is 2. The molecule has 1 heterocycles. The Balaban J connectivity index is 2.27. The summed E-state index contributed by atoms with van der Waals surface area (Å²) in [6.07, 6.45) is 0.743. The molecule has 7 nitrogen and oxygen atoms in total. The SMILES string of the molecule is CN(C(=O)OC(C)(C)C)[C@H](Cc1ccccc1)C(=O)N1CCC[C@H]1C(=O)O. The molecule has 2 atom stereocenters. The molecule has 0 bridgehead atoms. The number of likely N-dealkylation sites (N-methyl/N-ethyl adjacent to an activating group) is 1. The molecule has 1 fully saturated rings. The van der Waals surface area contributed by atoms with Crippen molar-refractivity contribution in [3.05, 3.63) is 35.9 Å². The van der Waals surface area contributed by atoms with Gasteiger partial charge in [-0.2, -0.15) is 0 Å². The average Bonchev–Trinajstić information content (AvgIpc) is 3.08. The van der Waals surface area contributed by atoms with E-state index in [4.69, 9.17) is 4.74 Å². The Kier molecular flexibility index (Phi) is 6.46. The molecule has 1 aliphatic heterocycles. The molecule has 1 aliphatic rings. The third-order valence-corrected chi connectivity index (χ3v) is 4.53. The normalized spacial score (nSPS) is 18.1. The largest absolute Gasteiger partial charge is 0.480 e. The van der Waals surface area contributed by atoms with Gasteiger partial charge in [-0.3, -0.25) is 9.69 Å². The molecule has 0 aromatic heterocycles. The fourth-order valence-corrected chi connectivity index (χ4v) is 3.17. The Morgan fingerprint density at radius 1 is 1.26 bits per heavy atom. The molecule has 27 heavy (non-hydrogen) atoms. The lowest BCUT2D eigenvalue weighted by Crippen LogP contribution is -2.53. The van der Waals surface area contributed by atoms with Gasteiger partial charge in [0.1, 0.15) is 17.7 Å². The minimum Gasteiger partial charge on any atom is -0.480 e. The van der Waals surface area contributed by atoms with Gasteiger partial charge < -0.3 is 14.7 Å². The van der Waals surface area contributed by atoms with E-state index in [9.17, 15) is 19.5 Å². The Morgan fingerprint density at radius 3 is 2.44 bits per heavy atom. The monoisotopic (exact) mass is 376 g/mol. The van der Waals surface area contributed by atoms with Crippen molar-refractivity contribution in [2.45, 2.75) is 57.7 Å². The molecule has 1 N–H and O–H groups in total. The highest BCUT2D eigenvalue weighted by molar-refractivity contribution is 5.90. The second kappa shape index (κ2) is 8.41. The van der Waals surface area contributed by atoms with Crippen LogP contribution in [0.2, 0.25) is 0 Å². The maximum absolute atomic E-state index is 13.2. The second-order valence-corrected chi connectivity index (χ2v) is 7.82. The maximum atomic E-state index is 13.2. The number of hydrogen-bond donors (Lipinski definition) is 1. The number of carbonyl (C=O) groups is 3. The van der Waals surface area contributed by atoms with Crippen LogP contribution in [0.1, 0.15) is 39.2 Å². The number of carboxylic acids is 1. The van der Waals surface area contributed by atoms with Gasteiger partial charge in [0.2, 0.25) is 5.91 Å². The summed E-state index contributed by atoms with van der Waals surface area (Å²) in [6.45, 7) is 5.65. The van der Waals surface area contributed by atoms with E-state index >= 15 is 0 Å². The van der Waals surface area contributed by atoms with E-state index in [0.29, 0.717) is 19.4 Å². The van der Waals surface area contributed by atoms with Gasteiger partial charge in [-0.25, -0.2) is 9.59 Å². The molecule has 0 radical (unpaired) electrons. The molecular weight excluding hydrogens is 348 g/mol. The van der Waals surface area contributed by atoms with Crippen LogP contribution >= 0.6 is 0 Å². The molecule has 0 aliphatic carbocycles. The summed E-state index contributed by atoms with van der Waals surface area (Å²) in [7, 11) is 1.52. The Labute approximate surface area is 159 Å². The summed E-state index contributed by atoms with van der Waals surface area (Å²) in [5.41, 5.74) is 0.195. The van der Waals surface area contributed by atoms with E-state index in [1.165, 1.54) is 16.8 Å². The zero-order chi connectivity index (χ0) is 20.2. The number of amides is 2. The fourth-order valence-electron chi connectivity index (χ4n) is 3.17. The van der Waals surface area contributed by atoms with Gasteiger partial charge in [0, 0.05) is 20.0 Å². The first-order valence-electron chi connectivity index (χ1n) is 9.13. The van der Waals surface area contributed by atoms with Crippen LogP contribution in [-0.4, -0.2) is 64.2 Å². The number of carboxylic acid groups (broad SMARTS) is 1. The van der Waals surface area contributed by atoms with E-state index < -0.39 is 29.7 Å². The molecule has 2 amide bonds. The third-order valence-electron chi connectivity index (χ3n) is 4.53. The Morgan fingerprint density at radius 2 is 1.89 bits per heavy atom. The number of ether oxygens (including phenoxy) is 1. The van der Waals surface area contributed by atoms with Gasteiger partial charge in [-0.15, -0.1) is 0 Å². The predicted molar refractivity (Wildman–Crippen MR) is 100 cm³/mol. The van der Waals surface area contributed by atoms with Crippen molar-refractivity contribution in [2.24, 2.45) is 0 Å². The molecular formula is C20H28N2O5. The molecule has 1 saturated heterocycles. The lowest BCUT2D eigenvalue weighted by Gasteiger charge is -2.33. The van der Waals surface area contributed by atoms with Crippen LogP contribution < -0.4 is 0 Å². The van der Waals surface area contributed by atoms with E-state index in [0.717, 1.165) is 5.56 Å². The van der Waals surface area contributed by atoms with Crippen LogP contribution in [0.15, 0.2) is 30.3 Å². The van der Waals surface area contributed by atoms with E-state index in [1.807, 2.05) is 30.3 Å². The van der Waals surface area contributed by atoms with E-state index in [-0.39, 0.29) is 12.3 Å². The van der Waals surface area contributed by atoms with E-state index in [1.54, 1.807) is 20.8 Å². The minimum absolute atomic E-state index is 0.290. The van der Waals surface area contributed by atoms with Gasteiger partial charge in [0.15, 0.2) is 0 Å². The second-order valence-electron chi connectivity index (χ2n) is 7.82. The third kappa shape index (κ3) is 5.45. The van der Waals surface area contributed by atoms with Gasteiger partial charge in [0.05, 0.1) is 0 Å². The van der Waals surface area contributed by atoms with Gasteiger partial charge >= 0.3 is 12.1 Å². The molecule has 0 unspecified atom stereocenters. The van der Waals surface area contributed by atoms with Crippen LogP contribution in [0.3, 0.4) is 0 Å². The average molecular weight is 376 g/mol. The van der Waals surface area contributed by atoms with Gasteiger partial charge in [0.25, 0.3) is 0 Å². The van der Waals surface area contributed by atoms with Crippen molar-refractivity contribution in [3.63, 3.8) is 0 Å². The summed E-state index contributed by atoms with van der Waals surface area (Å²) >= 11 is 0. The Hall–Kier alpha value is -2.57. The van der Waals surface area contributed by atoms with Crippen LogP contribution in [0, 0.1) is 0 Å². The summed E-state index contributed by atoms with van der Waals surface area (Å²) in [5, 5.41) is 9.41. The number of benzene rings is 1. The topological polar surface area (TPSA) is 87.2 Å². The van der Waals surface area contributed by atoms with Crippen LogP contribution in [0.4, 0.5) is 4.79 Å². The number of hydrogen-bond acceptors (Lipinski definition) is 4. The van der Waals surface area contributed by atoms with Gasteiger partial charge in [-0.1, -0.05) is 30.3 Å². The maximum Gasteiger partial charge on any atom is 0.410 e. The first kappa shape index (κ1) is 20.7. The molecule has 148 valence electrons. The molecule has 0 saturated carbocycles. The number of nitrogens with zero attached hydrogens (tertiary/aromatic N) is 2. The molecule has 1 aromatic rings. The van der Waals surface area contributed by atoms with Crippen LogP contribution in [0.5, 0.6) is 0 Å². The Bertz CT molecular complexity index is 683. The summed E-state index contributed by atoms with van der Waals surface area (Å²) in [5.74, 6) is -1.38. The number of rotatable bonds is 5. The van der Waals surface area contributed by atoms with Crippen LogP contribution in [-0.2, 0) is 20.7 Å². The number of likely N-dealkylation sites (tertiary alicyclic amines) is 1. The highest BCUT2D eigenvalue weighted by atomic mass is 16.6. The highest BCUT2D eigenvalue weighted by Crippen LogP contribution is 2.22. The standard InChI is InChI=1S/C20H28N2O5/c1-20(2,3)27-19(26)21(4)16(13-14-9-6-5-7-10-14)17(23)22-12-8-11-15(22)18(24)25/h5-7,9-10,15-16H,8,11-13H2,1-4H3,(H,24,25)/t15-,16+/m0/s1. The zero-order valence-electron chi connectivity index (χ0n) is 16.3. The quantitative estimate of drug-likeness (QED) is 0.853. The summed E-state index contributed by atoms with van der Waals surface area (Å²) in [4.78, 5) is 39.9. The fraction of sp³-hybridized carbons (Fsp3) is 0.550.